The maximum atomic E-state index is 12.0. The van der Waals surface area contributed by atoms with E-state index in [1.165, 1.54) is 0 Å². The molecule has 0 aromatic carbocycles. The van der Waals surface area contributed by atoms with Gasteiger partial charge in [0.15, 0.2) is 11.5 Å². The molecule has 1 N–H and O–H groups in total. The third-order valence-corrected chi connectivity index (χ3v) is 3.87. The topological polar surface area (TPSA) is 84.7 Å². The first-order valence-electron chi connectivity index (χ1n) is 8.25. The van der Waals surface area contributed by atoms with Crippen LogP contribution >= 0.6 is 0 Å². The van der Waals surface area contributed by atoms with Crippen LogP contribution in [0.15, 0.2) is 12.1 Å². The molecule has 0 radical (unpaired) electrons. The number of ether oxygens (including phenoxy) is 1. The van der Waals surface area contributed by atoms with Crippen molar-refractivity contribution >= 4 is 17.6 Å². The Labute approximate surface area is 141 Å². The average molecular weight is 332 g/mol. The van der Waals surface area contributed by atoms with Crippen LogP contribution in [-0.2, 0) is 4.74 Å². The van der Waals surface area contributed by atoms with E-state index in [1.807, 2.05) is 39.8 Å². The van der Waals surface area contributed by atoms with Crippen LogP contribution in [0.4, 0.5) is 10.6 Å². The fraction of sp³-hybridized carbons (Fsp3) is 0.625. The van der Waals surface area contributed by atoms with Gasteiger partial charge in [0.1, 0.15) is 11.4 Å². The molecule has 1 saturated heterocycles. The molecule has 8 nitrogen and oxygen atoms in total. The molecule has 1 amide bonds. The van der Waals surface area contributed by atoms with Gasteiger partial charge in [0.05, 0.1) is 0 Å². The van der Waals surface area contributed by atoms with Gasteiger partial charge in [0, 0.05) is 19.1 Å². The molecule has 0 spiro atoms. The minimum absolute atomic E-state index is 0.0492. The van der Waals surface area contributed by atoms with Crippen molar-refractivity contribution in [3.05, 3.63) is 18.0 Å². The predicted molar refractivity (Wildman–Crippen MR) is 90.1 cm³/mol. The van der Waals surface area contributed by atoms with Crippen molar-refractivity contribution in [2.24, 2.45) is 0 Å². The van der Waals surface area contributed by atoms with E-state index in [1.54, 1.807) is 4.52 Å². The number of fused-ring (bicyclic) bond motifs is 1. The largest absolute Gasteiger partial charge is 0.444 e. The minimum Gasteiger partial charge on any atom is -0.444 e. The Kier molecular flexibility index (Phi) is 4.29. The highest BCUT2D eigenvalue weighted by Crippen LogP contribution is 2.19. The van der Waals surface area contributed by atoms with Crippen molar-refractivity contribution in [2.45, 2.75) is 52.2 Å². The standard InChI is InChI=1S/C16H24N6O2/c1-11-18-19-13-7-8-14(20-22(11)13)21-9-5-6-12(10-21)17-15(23)24-16(2,3)4/h7-8,12H,5-6,9-10H2,1-4H3,(H,17,23). The lowest BCUT2D eigenvalue weighted by molar-refractivity contribution is 0.0500. The lowest BCUT2D eigenvalue weighted by atomic mass is 10.1. The maximum Gasteiger partial charge on any atom is 0.407 e. The Morgan fingerprint density at radius 2 is 2.12 bits per heavy atom. The van der Waals surface area contributed by atoms with Crippen LogP contribution in [0.5, 0.6) is 0 Å². The van der Waals surface area contributed by atoms with Gasteiger partial charge in [-0.05, 0) is 52.7 Å². The first-order valence-corrected chi connectivity index (χ1v) is 8.25. The Balaban J connectivity index is 1.68. The quantitative estimate of drug-likeness (QED) is 0.904. The molecule has 3 heterocycles. The van der Waals surface area contributed by atoms with Crippen molar-refractivity contribution in [2.75, 3.05) is 18.0 Å². The summed E-state index contributed by atoms with van der Waals surface area (Å²) in [4.78, 5) is 14.1. The summed E-state index contributed by atoms with van der Waals surface area (Å²) in [6.07, 6.45) is 1.55. The number of rotatable bonds is 2. The van der Waals surface area contributed by atoms with E-state index in [0.29, 0.717) is 6.54 Å². The SMILES string of the molecule is Cc1nnc2ccc(N3CCCC(NC(=O)OC(C)(C)C)C3)nn12. The Bertz CT molecular complexity index is 736. The number of nitrogens with one attached hydrogen (secondary N) is 1. The second kappa shape index (κ2) is 6.26. The van der Waals surface area contributed by atoms with Gasteiger partial charge >= 0.3 is 6.09 Å². The molecule has 8 heteroatoms. The average Bonchev–Trinajstić information content (AvgIpc) is 2.86. The third-order valence-electron chi connectivity index (χ3n) is 3.87. The Morgan fingerprint density at radius 3 is 2.88 bits per heavy atom. The molecule has 1 unspecified atom stereocenters. The number of aromatic nitrogens is 4. The van der Waals surface area contributed by atoms with Crippen molar-refractivity contribution in [1.82, 2.24) is 25.1 Å². The monoisotopic (exact) mass is 332 g/mol. The highest BCUT2D eigenvalue weighted by molar-refractivity contribution is 5.68. The van der Waals surface area contributed by atoms with Crippen LogP contribution in [0.3, 0.4) is 0 Å². The smallest absolute Gasteiger partial charge is 0.407 e. The van der Waals surface area contributed by atoms with Gasteiger partial charge in [-0.1, -0.05) is 0 Å². The summed E-state index contributed by atoms with van der Waals surface area (Å²) in [5.74, 6) is 1.62. The molecule has 0 aliphatic carbocycles. The number of carbonyl (C=O) groups is 1. The highest BCUT2D eigenvalue weighted by atomic mass is 16.6. The fourth-order valence-electron chi connectivity index (χ4n) is 2.83. The van der Waals surface area contributed by atoms with Gasteiger partial charge in [-0.3, -0.25) is 0 Å². The van der Waals surface area contributed by atoms with Crippen LogP contribution in [0.1, 0.15) is 39.4 Å². The second-order valence-corrected chi connectivity index (χ2v) is 7.14. The molecule has 1 fully saturated rings. The summed E-state index contributed by atoms with van der Waals surface area (Å²) in [5, 5.41) is 15.6. The van der Waals surface area contributed by atoms with E-state index in [-0.39, 0.29) is 12.1 Å². The zero-order valence-electron chi connectivity index (χ0n) is 14.6. The van der Waals surface area contributed by atoms with Gasteiger partial charge in [0.25, 0.3) is 0 Å². The summed E-state index contributed by atoms with van der Waals surface area (Å²) in [7, 11) is 0. The number of carbonyl (C=O) groups excluding carboxylic acids is 1. The summed E-state index contributed by atoms with van der Waals surface area (Å²) in [5.41, 5.74) is 0.244. The second-order valence-electron chi connectivity index (χ2n) is 7.14. The van der Waals surface area contributed by atoms with E-state index < -0.39 is 5.60 Å². The summed E-state index contributed by atoms with van der Waals surface area (Å²) < 4.78 is 7.08. The molecular weight excluding hydrogens is 308 g/mol. The van der Waals surface area contributed by atoms with Crippen LogP contribution < -0.4 is 10.2 Å². The normalized spacial score (nSPS) is 18.7. The molecule has 1 atom stereocenters. The first-order chi connectivity index (χ1) is 11.3. The summed E-state index contributed by atoms with van der Waals surface area (Å²) >= 11 is 0. The zero-order chi connectivity index (χ0) is 17.3. The van der Waals surface area contributed by atoms with Crippen LogP contribution in [0, 0.1) is 6.92 Å². The summed E-state index contributed by atoms with van der Waals surface area (Å²) in [6.45, 7) is 9.08. The molecule has 3 rings (SSSR count). The highest BCUT2D eigenvalue weighted by Gasteiger charge is 2.25. The number of nitrogens with zero attached hydrogens (tertiary/aromatic N) is 5. The molecule has 1 aliphatic heterocycles. The van der Waals surface area contributed by atoms with Crippen molar-refractivity contribution in [3.63, 3.8) is 0 Å². The van der Waals surface area contributed by atoms with Gasteiger partial charge < -0.3 is 15.0 Å². The third kappa shape index (κ3) is 3.74. The van der Waals surface area contributed by atoms with E-state index in [2.05, 4.69) is 25.5 Å². The lowest BCUT2D eigenvalue weighted by Gasteiger charge is -2.34. The van der Waals surface area contributed by atoms with Crippen LogP contribution in [0.25, 0.3) is 5.65 Å². The zero-order valence-corrected chi connectivity index (χ0v) is 14.6. The lowest BCUT2D eigenvalue weighted by Crippen LogP contribution is -2.49. The van der Waals surface area contributed by atoms with Crippen molar-refractivity contribution in [1.29, 1.82) is 0 Å². The molecule has 0 bridgehead atoms. The van der Waals surface area contributed by atoms with E-state index in [4.69, 9.17) is 4.74 Å². The molecule has 130 valence electrons. The van der Waals surface area contributed by atoms with Gasteiger partial charge in [0.2, 0.25) is 0 Å². The molecule has 0 saturated carbocycles. The van der Waals surface area contributed by atoms with Gasteiger partial charge in [-0.2, -0.15) is 4.52 Å². The fourth-order valence-corrected chi connectivity index (χ4v) is 2.83. The van der Waals surface area contributed by atoms with Gasteiger partial charge in [-0.15, -0.1) is 15.3 Å². The maximum absolute atomic E-state index is 12.0. The van der Waals surface area contributed by atoms with Crippen LogP contribution in [0.2, 0.25) is 0 Å². The van der Waals surface area contributed by atoms with E-state index in [0.717, 1.165) is 36.7 Å². The number of hydrogen-bond acceptors (Lipinski definition) is 6. The summed E-state index contributed by atoms with van der Waals surface area (Å²) in [6, 6.07) is 3.90. The molecular formula is C16H24N6O2. The van der Waals surface area contributed by atoms with E-state index in [9.17, 15) is 4.79 Å². The molecule has 24 heavy (non-hydrogen) atoms. The Morgan fingerprint density at radius 1 is 1.33 bits per heavy atom. The Hall–Kier alpha value is -2.38. The first kappa shape index (κ1) is 16.5. The minimum atomic E-state index is -0.489. The predicted octanol–water partition coefficient (Wildman–Crippen LogP) is 1.93. The number of anilines is 1. The molecule has 2 aromatic rings. The van der Waals surface area contributed by atoms with E-state index >= 15 is 0 Å². The number of aryl methyl sites for hydroxylation is 1. The van der Waals surface area contributed by atoms with Crippen molar-refractivity contribution in [3.8, 4) is 0 Å². The number of amides is 1. The van der Waals surface area contributed by atoms with Crippen molar-refractivity contribution < 1.29 is 9.53 Å². The number of hydrogen-bond donors (Lipinski definition) is 1. The van der Waals surface area contributed by atoms with Crippen LogP contribution in [-0.4, -0.2) is 50.6 Å². The number of piperidine rings is 1. The van der Waals surface area contributed by atoms with Gasteiger partial charge in [-0.25, -0.2) is 4.79 Å². The molecule has 1 aliphatic rings. The molecule has 2 aromatic heterocycles. The number of alkyl carbamates (subject to hydrolysis) is 1.